The zero-order valence-corrected chi connectivity index (χ0v) is 14.5. The van der Waals surface area contributed by atoms with Crippen LogP contribution < -0.4 is 10.1 Å². The molecular formula is C16H22ClF3N2O2. The van der Waals surface area contributed by atoms with Crippen molar-refractivity contribution in [2.45, 2.75) is 32.9 Å². The standard InChI is InChI=1S/C16H22ClF3N2O2/c1-3-22(9-7-16(18,19)20)15(23)21-8-4-10-24-14-6-5-13(17)11-12(14)2/h5-6,11H,3-4,7-10H2,1-2H3,(H,21,23). The number of carbonyl (C=O) groups is 1. The lowest BCUT2D eigenvalue weighted by Gasteiger charge is -2.22. The summed E-state index contributed by atoms with van der Waals surface area (Å²) in [5.74, 6) is 0.714. The van der Waals surface area contributed by atoms with Crippen LogP contribution in [0.25, 0.3) is 0 Å². The van der Waals surface area contributed by atoms with E-state index in [4.69, 9.17) is 16.3 Å². The number of rotatable bonds is 8. The number of aryl methyl sites for hydroxylation is 1. The van der Waals surface area contributed by atoms with E-state index >= 15 is 0 Å². The van der Waals surface area contributed by atoms with Crippen LogP contribution in [0.3, 0.4) is 0 Å². The maximum absolute atomic E-state index is 12.2. The minimum absolute atomic E-state index is 0.225. The Morgan fingerprint density at radius 2 is 2.08 bits per heavy atom. The third-order valence-corrected chi connectivity index (χ3v) is 3.56. The van der Waals surface area contributed by atoms with E-state index in [-0.39, 0.29) is 13.1 Å². The molecule has 0 saturated heterocycles. The van der Waals surface area contributed by atoms with Crippen molar-refractivity contribution < 1.29 is 22.7 Å². The summed E-state index contributed by atoms with van der Waals surface area (Å²) in [6, 6.07) is 4.79. The molecule has 0 saturated carbocycles. The van der Waals surface area contributed by atoms with Crippen LogP contribution in [0.2, 0.25) is 5.02 Å². The van der Waals surface area contributed by atoms with E-state index in [1.165, 1.54) is 0 Å². The van der Waals surface area contributed by atoms with Crippen LogP contribution in [-0.2, 0) is 0 Å². The van der Waals surface area contributed by atoms with Gasteiger partial charge in [0.15, 0.2) is 0 Å². The van der Waals surface area contributed by atoms with E-state index in [0.717, 1.165) is 10.5 Å². The Morgan fingerprint density at radius 1 is 1.38 bits per heavy atom. The van der Waals surface area contributed by atoms with Crippen molar-refractivity contribution in [2.24, 2.45) is 0 Å². The Hall–Kier alpha value is -1.63. The molecule has 0 radical (unpaired) electrons. The van der Waals surface area contributed by atoms with Gasteiger partial charge in [-0.3, -0.25) is 0 Å². The lowest BCUT2D eigenvalue weighted by atomic mass is 10.2. The van der Waals surface area contributed by atoms with Gasteiger partial charge in [-0.05, 0) is 44.0 Å². The van der Waals surface area contributed by atoms with Crippen LogP contribution in [0.5, 0.6) is 5.75 Å². The Kier molecular flexibility index (Phi) is 8.18. The molecule has 4 nitrogen and oxygen atoms in total. The molecule has 0 heterocycles. The molecule has 0 unspecified atom stereocenters. The Morgan fingerprint density at radius 3 is 2.67 bits per heavy atom. The lowest BCUT2D eigenvalue weighted by molar-refractivity contribution is -0.136. The largest absolute Gasteiger partial charge is 0.493 e. The van der Waals surface area contributed by atoms with Crippen molar-refractivity contribution in [2.75, 3.05) is 26.2 Å². The highest BCUT2D eigenvalue weighted by atomic mass is 35.5. The van der Waals surface area contributed by atoms with E-state index in [1.54, 1.807) is 25.1 Å². The quantitative estimate of drug-likeness (QED) is 0.693. The smallest absolute Gasteiger partial charge is 0.390 e. The van der Waals surface area contributed by atoms with Gasteiger partial charge in [-0.2, -0.15) is 13.2 Å². The van der Waals surface area contributed by atoms with E-state index in [1.807, 2.05) is 6.92 Å². The Bertz CT molecular complexity index is 539. The molecule has 2 amide bonds. The summed E-state index contributed by atoms with van der Waals surface area (Å²) in [4.78, 5) is 12.9. The summed E-state index contributed by atoms with van der Waals surface area (Å²) in [6.07, 6.45) is -4.73. The molecular weight excluding hydrogens is 345 g/mol. The summed E-state index contributed by atoms with van der Waals surface area (Å²) in [5.41, 5.74) is 0.913. The molecule has 1 aromatic rings. The first kappa shape index (κ1) is 20.4. The number of nitrogens with one attached hydrogen (secondary N) is 1. The topological polar surface area (TPSA) is 41.6 Å². The van der Waals surface area contributed by atoms with Gasteiger partial charge in [0.1, 0.15) is 5.75 Å². The second kappa shape index (κ2) is 9.61. The molecule has 1 rings (SSSR count). The van der Waals surface area contributed by atoms with Crippen molar-refractivity contribution in [1.82, 2.24) is 10.2 Å². The van der Waals surface area contributed by atoms with Gasteiger partial charge in [0.25, 0.3) is 0 Å². The van der Waals surface area contributed by atoms with Crippen molar-refractivity contribution in [1.29, 1.82) is 0 Å². The maximum atomic E-state index is 12.2. The number of halogens is 4. The number of carbonyl (C=O) groups excluding carboxylic acids is 1. The molecule has 0 atom stereocenters. The first-order valence-corrected chi connectivity index (χ1v) is 8.09. The van der Waals surface area contributed by atoms with Crippen LogP contribution in [0, 0.1) is 6.92 Å². The number of hydrogen-bond acceptors (Lipinski definition) is 2. The Labute approximate surface area is 144 Å². The minimum atomic E-state index is -4.27. The molecule has 136 valence electrons. The zero-order chi connectivity index (χ0) is 18.2. The fourth-order valence-corrected chi connectivity index (χ4v) is 2.23. The summed E-state index contributed by atoms with van der Waals surface area (Å²) in [5, 5.41) is 3.23. The van der Waals surface area contributed by atoms with E-state index in [0.29, 0.717) is 30.3 Å². The summed E-state index contributed by atoms with van der Waals surface area (Å²) >= 11 is 5.85. The Balaban J connectivity index is 2.26. The van der Waals surface area contributed by atoms with Gasteiger partial charge in [-0.15, -0.1) is 0 Å². The SMILES string of the molecule is CCN(CCC(F)(F)F)C(=O)NCCCOc1ccc(Cl)cc1C. The van der Waals surface area contributed by atoms with Gasteiger partial charge in [0.2, 0.25) is 0 Å². The predicted molar refractivity (Wildman–Crippen MR) is 87.6 cm³/mol. The van der Waals surface area contributed by atoms with Crippen molar-refractivity contribution in [3.63, 3.8) is 0 Å². The number of amides is 2. The monoisotopic (exact) mass is 366 g/mol. The van der Waals surface area contributed by atoms with Crippen LogP contribution in [0.1, 0.15) is 25.3 Å². The molecule has 0 fully saturated rings. The van der Waals surface area contributed by atoms with Crippen molar-refractivity contribution in [3.8, 4) is 5.75 Å². The third kappa shape index (κ3) is 7.77. The van der Waals surface area contributed by atoms with E-state index < -0.39 is 18.6 Å². The number of urea groups is 1. The molecule has 1 aromatic carbocycles. The van der Waals surface area contributed by atoms with Crippen LogP contribution >= 0.6 is 11.6 Å². The third-order valence-electron chi connectivity index (χ3n) is 3.33. The van der Waals surface area contributed by atoms with Crippen LogP contribution in [0.15, 0.2) is 18.2 Å². The van der Waals surface area contributed by atoms with Crippen molar-refractivity contribution in [3.05, 3.63) is 28.8 Å². The average Bonchev–Trinajstić information content (AvgIpc) is 2.48. The molecule has 0 aliphatic heterocycles. The highest BCUT2D eigenvalue weighted by molar-refractivity contribution is 6.30. The summed E-state index contributed by atoms with van der Waals surface area (Å²) < 4.78 is 42.2. The molecule has 0 spiro atoms. The maximum Gasteiger partial charge on any atom is 0.390 e. The van der Waals surface area contributed by atoms with E-state index in [2.05, 4.69) is 5.32 Å². The second-order valence-corrected chi connectivity index (χ2v) is 5.73. The molecule has 0 bridgehead atoms. The van der Waals surface area contributed by atoms with Crippen molar-refractivity contribution >= 4 is 17.6 Å². The van der Waals surface area contributed by atoms with Gasteiger partial charge in [-0.25, -0.2) is 4.79 Å². The number of alkyl halides is 3. The molecule has 1 N–H and O–H groups in total. The highest BCUT2D eigenvalue weighted by Crippen LogP contribution is 2.22. The van der Waals surface area contributed by atoms with Gasteiger partial charge in [-0.1, -0.05) is 11.6 Å². The second-order valence-electron chi connectivity index (χ2n) is 5.29. The van der Waals surface area contributed by atoms with Gasteiger partial charge in [0, 0.05) is 24.7 Å². The normalized spacial score (nSPS) is 11.2. The molecule has 8 heteroatoms. The summed E-state index contributed by atoms with van der Waals surface area (Å²) in [6.45, 7) is 4.12. The number of hydrogen-bond donors (Lipinski definition) is 1. The fraction of sp³-hybridized carbons (Fsp3) is 0.562. The summed E-state index contributed by atoms with van der Waals surface area (Å²) in [7, 11) is 0. The van der Waals surface area contributed by atoms with E-state index in [9.17, 15) is 18.0 Å². The lowest BCUT2D eigenvalue weighted by Crippen LogP contribution is -2.42. The molecule has 0 aliphatic carbocycles. The number of benzene rings is 1. The first-order valence-electron chi connectivity index (χ1n) is 7.71. The highest BCUT2D eigenvalue weighted by Gasteiger charge is 2.28. The minimum Gasteiger partial charge on any atom is -0.493 e. The van der Waals surface area contributed by atoms with Gasteiger partial charge in [0.05, 0.1) is 13.0 Å². The molecule has 0 aromatic heterocycles. The predicted octanol–water partition coefficient (Wildman–Crippen LogP) is 4.40. The number of ether oxygens (including phenoxy) is 1. The average molecular weight is 367 g/mol. The first-order chi connectivity index (χ1) is 11.2. The zero-order valence-electron chi connectivity index (χ0n) is 13.8. The van der Waals surface area contributed by atoms with Gasteiger partial charge < -0.3 is 15.0 Å². The van der Waals surface area contributed by atoms with Crippen LogP contribution in [-0.4, -0.2) is 43.3 Å². The van der Waals surface area contributed by atoms with Crippen LogP contribution in [0.4, 0.5) is 18.0 Å². The molecule has 0 aliphatic rings. The molecule has 24 heavy (non-hydrogen) atoms. The van der Waals surface area contributed by atoms with Gasteiger partial charge >= 0.3 is 12.2 Å². The fourth-order valence-electron chi connectivity index (χ4n) is 2.00. The number of nitrogens with zero attached hydrogens (tertiary/aromatic N) is 1.